The van der Waals surface area contributed by atoms with E-state index in [1.54, 1.807) is 0 Å². The molecule has 3 rings (SSSR count). The number of aromatic amines is 1. The van der Waals surface area contributed by atoms with Crippen molar-refractivity contribution in [3.05, 3.63) is 21.6 Å². The standard InChI is InChI=1S/C19H30N4O4/c1-3-22-8-4-5-15(13-22)27-17(24)7-6-16-14(2)20-19(21-18(16)25)23-9-11-26-12-10-23/h15H,3-13H2,1-2H3,(H,20,21,25). The highest BCUT2D eigenvalue weighted by molar-refractivity contribution is 5.70. The minimum absolute atomic E-state index is 0.0348. The van der Waals surface area contributed by atoms with Crippen LogP contribution in [0.3, 0.4) is 0 Å². The van der Waals surface area contributed by atoms with Crippen molar-refractivity contribution >= 4 is 11.9 Å². The number of carbonyl (C=O) groups excluding carboxylic acids is 1. The van der Waals surface area contributed by atoms with Crippen LogP contribution in [-0.2, 0) is 20.7 Å². The van der Waals surface area contributed by atoms with Gasteiger partial charge < -0.3 is 14.4 Å². The first-order valence-corrected chi connectivity index (χ1v) is 9.91. The Labute approximate surface area is 159 Å². The van der Waals surface area contributed by atoms with Crippen LogP contribution in [0, 0.1) is 6.92 Å². The Hall–Kier alpha value is -1.93. The highest BCUT2D eigenvalue weighted by Gasteiger charge is 2.22. The zero-order chi connectivity index (χ0) is 19.2. The minimum atomic E-state index is -0.242. The number of carbonyl (C=O) groups is 1. The molecule has 8 heteroatoms. The smallest absolute Gasteiger partial charge is 0.306 e. The number of aryl methyl sites for hydroxylation is 1. The van der Waals surface area contributed by atoms with E-state index in [-0.39, 0.29) is 24.1 Å². The normalized spacial score (nSPS) is 21.3. The van der Waals surface area contributed by atoms with Crippen molar-refractivity contribution in [3.8, 4) is 0 Å². The molecule has 1 aromatic rings. The predicted molar refractivity (Wildman–Crippen MR) is 102 cm³/mol. The Morgan fingerprint density at radius 1 is 1.33 bits per heavy atom. The Balaban J connectivity index is 1.55. The van der Waals surface area contributed by atoms with E-state index in [4.69, 9.17) is 9.47 Å². The van der Waals surface area contributed by atoms with E-state index >= 15 is 0 Å². The molecule has 0 amide bonds. The van der Waals surface area contributed by atoms with Gasteiger partial charge in [0.15, 0.2) is 0 Å². The first-order valence-electron chi connectivity index (χ1n) is 9.91. The molecule has 3 heterocycles. The van der Waals surface area contributed by atoms with Crippen LogP contribution in [0.1, 0.15) is 37.4 Å². The van der Waals surface area contributed by atoms with Crippen LogP contribution in [0.2, 0.25) is 0 Å². The molecule has 0 saturated carbocycles. The van der Waals surface area contributed by atoms with Gasteiger partial charge in [0.25, 0.3) is 5.56 Å². The minimum Gasteiger partial charge on any atom is -0.461 e. The van der Waals surface area contributed by atoms with Crippen molar-refractivity contribution in [1.29, 1.82) is 0 Å². The third-order valence-electron chi connectivity index (χ3n) is 5.31. The molecule has 8 nitrogen and oxygen atoms in total. The van der Waals surface area contributed by atoms with Crippen LogP contribution in [0.4, 0.5) is 5.95 Å². The molecular formula is C19H30N4O4. The van der Waals surface area contributed by atoms with Crippen LogP contribution in [0.25, 0.3) is 0 Å². The Morgan fingerprint density at radius 3 is 2.81 bits per heavy atom. The number of morpholine rings is 1. The lowest BCUT2D eigenvalue weighted by Gasteiger charge is -2.31. The van der Waals surface area contributed by atoms with E-state index in [1.165, 1.54) is 0 Å². The summed E-state index contributed by atoms with van der Waals surface area (Å²) >= 11 is 0. The van der Waals surface area contributed by atoms with Crippen molar-refractivity contribution in [2.24, 2.45) is 0 Å². The van der Waals surface area contributed by atoms with Crippen LogP contribution in [0.5, 0.6) is 0 Å². The van der Waals surface area contributed by atoms with Crippen molar-refractivity contribution in [1.82, 2.24) is 14.9 Å². The molecule has 0 spiro atoms. The Morgan fingerprint density at radius 2 is 2.11 bits per heavy atom. The van der Waals surface area contributed by atoms with E-state index in [1.807, 2.05) is 11.8 Å². The van der Waals surface area contributed by atoms with E-state index in [2.05, 4.69) is 21.8 Å². The number of aromatic nitrogens is 2. The molecule has 2 aliphatic rings. The maximum Gasteiger partial charge on any atom is 0.306 e. The second kappa shape index (κ2) is 9.32. The van der Waals surface area contributed by atoms with Gasteiger partial charge in [-0.15, -0.1) is 0 Å². The summed E-state index contributed by atoms with van der Waals surface area (Å²) in [5.41, 5.74) is 1.05. The van der Waals surface area contributed by atoms with Crippen LogP contribution in [0.15, 0.2) is 4.79 Å². The van der Waals surface area contributed by atoms with Crippen molar-refractivity contribution in [2.45, 2.75) is 45.6 Å². The molecule has 0 aliphatic carbocycles. The third-order valence-corrected chi connectivity index (χ3v) is 5.31. The van der Waals surface area contributed by atoms with Crippen LogP contribution < -0.4 is 10.5 Å². The second-order valence-electron chi connectivity index (χ2n) is 7.20. The average Bonchev–Trinajstić information content (AvgIpc) is 2.68. The number of H-pyrrole nitrogens is 1. The second-order valence-corrected chi connectivity index (χ2v) is 7.20. The fourth-order valence-corrected chi connectivity index (χ4v) is 3.68. The zero-order valence-corrected chi connectivity index (χ0v) is 16.3. The summed E-state index contributed by atoms with van der Waals surface area (Å²) in [6.07, 6.45) is 2.48. The number of hydrogen-bond donors (Lipinski definition) is 1. The number of nitrogens with one attached hydrogen (secondary N) is 1. The summed E-state index contributed by atoms with van der Waals surface area (Å²) in [5.74, 6) is 0.336. The molecule has 1 atom stereocenters. The molecule has 0 bridgehead atoms. The number of anilines is 1. The largest absolute Gasteiger partial charge is 0.461 e. The van der Waals surface area contributed by atoms with E-state index in [0.29, 0.717) is 49.9 Å². The zero-order valence-electron chi connectivity index (χ0n) is 16.3. The SMILES string of the molecule is CCN1CCCC(OC(=O)CCc2c(C)nc(N3CCOCC3)[nH]c2=O)C1. The molecule has 27 heavy (non-hydrogen) atoms. The summed E-state index contributed by atoms with van der Waals surface area (Å²) in [4.78, 5) is 36.4. The number of hydrogen-bond acceptors (Lipinski definition) is 7. The van der Waals surface area contributed by atoms with Gasteiger partial charge in [0.05, 0.1) is 13.2 Å². The molecule has 1 aromatic heterocycles. The molecule has 2 saturated heterocycles. The number of nitrogens with zero attached hydrogens (tertiary/aromatic N) is 3. The fraction of sp³-hybridized carbons (Fsp3) is 0.737. The molecule has 150 valence electrons. The number of rotatable bonds is 6. The topological polar surface area (TPSA) is 87.8 Å². The maximum absolute atomic E-state index is 12.5. The highest BCUT2D eigenvalue weighted by atomic mass is 16.5. The molecule has 0 aromatic carbocycles. The van der Waals surface area contributed by atoms with Gasteiger partial charge in [-0.25, -0.2) is 4.98 Å². The van der Waals surface area contributed by atoms with Crippen molar-refractivity contribution in [2.75, 3.05) is 50.8 Å². The van der Waals surface area contributed by atoms with E-state index < -0.39 is 0 Å². The number of ether oxygens (including phenoxy) is 2. The number of likely N-dealkylation sites (tertiary alicyclic amines) is 1. The van der Waals surface area contributed by atoms with Crippen LogP contribution >= 0.6 is 0 Å². The summed E-state index contributed by atoms with van der Waals surface area (Å²) in [7, 11) is 0. The monoisotopic (exact) mass is 378 g/mol. The van der Waals surface area contributed by atoms with Gasteiger partial charge in [-0.3, -0.25) is 19.5 Å². The maximum atomic E-state index is 12.5. The quantitative estimate of drug-likeness (QED) is 0.735. The molecular weight excluding hydrogens is 348 g/mol. The first kappa shape index (κ1) is 19.8. The van der Waals surface area contributed by atoms with E-state index in [0.717, 1.165) is 32.5 Å². The van der Waals surface area contributed by atoms with Crippen molar-refractivity contribution < 1.29 is 14.3 Å². The summed E-state index contributed by atoms with van der Waals surface area (Å²) in [6, 6.07) is 0. The lowest BCUT2D eigenvalue weighted by Crippen LogP contribution is -2.40. The fourth-order valence-electron chi connectivity index (χ4n) is 3.68. The number of likely N-dealkylation sites (N-methyl/N-ethyl adjacent to an activating group) is 1. The molecule has 2 fully saturated rings. The van der Waals surface area contributed by atoms with Gasteiger partial charge in [-0.2, -0.15) is 0 Å². The number of esters is 1. The molecule has 2 aliphatic heterocycles. The average molecular weight is 378 g/mol. The predicted octanol–water partition coefficient (Wildman–Crippen LogP) is 0.875. The van der Waals surface area contributed by atoms with Gasteiger partial charge in [0.2, 0.25) is 5.95 Å². The van der Waals surface area contributed by atoms with Gasteiger partial charge >= 0.3 is 5.97 Å². The summed E-state index contributed by atoms with van der Waals surface area (Å²) in [5, 5.41) is 0. The number of piperidine rings is 1. The Kier molecular flexibility index (Phi) is 6.84. The molecule has 0 radical (unpaired) electrons. The van der Waals surface area contributed by atoms with Gasteiger partial charge in [0.1, 0.15) is 6.10 Å². The third kappa shape index (κ3) is 5.29. The summed E-state index contributed by atoms with van der Waals surface area (Å²) in [6.45, 7) is 9.48. The molecule has 1 unspecified atom stereocenters. The lowest BCUT2D eigenvalue weighted by atomic mass is 10.1. The van der Waals surface area contributed by atoms with E-state index in [9.17, 15) is 9.59 Å². The Bertz CT molecular complexity index is 699. The highest BCUT2D eigenvalue weighted by Crippen LogP contribution is 2.15. The van der Waals surface area contributed by atoms with Gasteiger partial charge in [0, 0.05) is 37.3 Å². The van der Waals surface area contributed by atoms with Gasteiger partial charge in [-0.1, -0.05) is 6.92 Å². The lowest BCUT2D eigenvalue weighted by molar-refractivity contribution is -0.151. The summed E-state index contributed by atoms with van der Waals surface area (Å²) < 4.78 is 10.9. The van der Waals surface area contributed by atoms with Gasteiger partial charge in [-0.05, 0) is 39.3 Å². The van der Waals surface area contributed by atoms with Crippen molar-refractivity contribution in [3.63, 3.8) is 0 Å². The molecule has 1 N–H and O–H groups in total. The first-order chi connectivity index (χ1) is 13.1. The van der Waals surface area contributed by atoms with Crippen LogP contribution in [-0.4, -0.2) is 72.9 Å².